The lowest BCUT2D eigenvalue weighted by Gasteiger charge is -2.17. The van der Waals surface area contributed by atoms with Crippen molar-refractivity contribution in [3.63, 3.8) is 0 Å². The Labute approximate surface area is 127 Å². The summed E-state index contributed by atoms with van der Waals surface area (Å²) in [5, 5.41) is 16.9. The minimum atomic E-state index is -1.03. The number of amides is 1. The van der Waals surface area contributed by atoms with Crippen LogP contribution in [0.5, 0.6) is 0 Å². The highest BCUT2D eigenvalue weighted by atomic mass is 16.4. The Balaban J connectivity index is 1.88. The second-order valence-electron chi connectivity index (χ2n) is 5.18. The molecule has 0 aliphatic carbocycles. The van der Waals surface area contributed by atoms with Crippen LogP contribution in [0.25, 0.3) is 0 Å². The summed E-state index contributed by atoms with van der Waals surface area (Å²) in [6.45, 7) is 2.80. The van der Waals surface area contributed by atoms with Gasteiger partial charge in [-0.3, -0.25) is 14.2 Å². The van der Waals surface area contributed by atoms with Gasteiger partial charge in [0.1, 0.15) is 0 Å². The third kappa shape index (κ3) is 3.51. The number of aromatic carboxylic acids is 1. The molecule has 118 valence electrons. The molecule has 0 aliphatic rings. The average molecular weight is 305 g/mol. The Morgan fingerprint density at radius 2 is 2.05 bits per heavy atom. The van der Waals surface area contributed by atoms with Gasteiger partial charge < -0.3 is 10.0 Å². The lowest BCUT2D eigenvalue weighted by atomic mass is 10.2. The number of hydrogen-bond donors (Lipinski definition) is 1. The van der Waals surface area contributed by atoms with Gasteiger partial charge in [0.25, 0.3) is 0 Å². The number of carboxylic acids is 1. The Morgan fingerprint density at radius 1 is 1.32 bits per heavy atom. The van der Waals surface area contributed by atoms with E-state index in [1.54, 1.807) is 22.8 Å². The highest BCUT2D eigenvalue weighted by molar-refractivity contribution is 5.86. The van der Waals surface area contributed by atoms with E-state index in [1.807, 2.05) is 14.0 Å². The van der Waals surface area contributed by atoms with Crippen LogP contribution in [0.1, 0.15) is 28.0 Å². The molecule has 22 heavy (non-hydrogen) atoms. The van der Waals surface area contributed by atoms with E-state index >= 15 is 0 Å². The van der Waals surface area contributed by atoms with E-state index in [2.05, 4.69) is 10.2 Å². The quantitative estimate of drug-likeness (QED) is 0.846. The van der Waals surface area contributed by atoms with E-state index in [0.717, 1.165) is 11.3 Å². The lowest BCUT2D eigenvalue weighted by molar-refractivity contribution is -0.130. The molecule has 8 nitrogen and oxygen atoms in total. The first-order valence-electron chi connectivity index (χ1n) is 6.85. The van der Waals surface area contributed by atoms with Crippen molar-refractivity contribution in [2.75, 3.05) is 7.05 Å². The highest BCUT2D eigenvalue weighted by Crippen LogP contribution is 2.09. The van der Waals surface area contributed by atoms with Gasteiger partial charge in [-0.25, -0.2) is 4.79 Å². The van der Waals surface area contributed by atoms with Gasteiger partial charge in [-0.2, -0.15) is 10.2 Å². The number of aromatic nitrogens is 4. The van der Waals surface area contributed by atoms with Crippen LogP contribution < -0.4 is 0 Å². The number of carbonyl (C=O) groups is 2. The number of nitrogens with zero attached hydrogens (tertiary/aromatic N) is 5. The summed E-state index contributed by atoms with van der Waals surface area (Å²) in [5.74, 6) is -1.06. The largest absolute Gasteiger partial charge is 0.478 e. The molecule has 2 aromatic rings. The van der Waals surface area contributed by atoms with E-state index in [-0.39, 0.29) is 17.9 Å². The molecular weight excluding hydrogens is 286 g/mol. The molecule has 0 saturated carbocycles. The summed E-state index contributed by atoms with van der Waals surface area (Å²) in [6, 6.07) is 0. The third-order valence-corrected chi connectivity index (χ3v) is 3.61. The van der Waals surface area contributed by atoms with Crippen molar-refractivity contribution in [1.29, 1.82) is 0 Å². The number of carbonyl (C=O) groups excluding carboxylic acids is 1. The number of hydrogen-bond acceptors (Lipinski definition) is 4. The van der Waals surface area contributed by atoms with E-state index < -0.39 is 5.97 Å². The molecule has 0 radical (unpaired) electrons. The fourth-order valence-corrected chi connectivity index (χ4v) is 2.04. The van der Waals surface area contributed by atoms with Crippen molar-refractivity contribution < 1.29 is 14.7 Å². The molecule has 0 spiro atoms. The van der Waals surface area contributed by atoms with Gasteiger partial charge in [-0.05, 0) is 6.92 Å². The van der Waals surface area contributed by atoms with E-state index in [1.165, 1.54) is 17.1 Å². The predicted octanol–water partition coefficient (Wildman–Crippen LogP) is 0.672. The van der Waals surface area contributed by atoms with Crippen LogP contribution in [0.3, 0.4) is 0 Å². The molecule has 0 bridgehead atoms. The van der Waals surface area contributed by atoms with E-state index in [4.69, 9.17) is 5.11 Å². The van der Waals surface area contributed by atoms with Crippen molar-refractivity contribution in [2.45, 2.75) is 26.4 Å². The summed E-state index contributed by atoms with van der Waals surface area (Å²) < 4.78 is 3.23. The summed E-state index contributed by atoms with van der Waals surface area (Å²) in [6.07, 6.45) is 4.71. The molecule has 2 rings (SSSR count). The average Bonchev–Trinajstić information content (AvgIpc) is 3.07. The SMILES string of the molecule is Cc1c(CN(C)C(=O)CCn2cc(C(=O)O)cn2)cnn1C. The number of rotatable bonds is 6. The molecule has 0 atom stereocenters. The molecule has 0 fully saturated rings. The molecule has 0 aliphatic heterocycles. The molecule has 1 N–H and O–H groups in total. The van der Waals surface area contributed by atoms with Gasteiger partial charge in [0.2, 0.25) is 5.91 Å². The Hall–Kier alpha value is -2.64. The van der Waals surface area contributed by atoms with Crippen molar-refractivity contribution >= 4 is 11.9 Å². The zero-order valence-electron chi connectivity index (χ0n) is 12.9. The minimum Gasteiger partial charge on any atom is -0.478 e. The van der Waals surface area contributed by atoms with Crippen molar-refractivity contribution in [3.05, 3.63) is 35.4 Å². The molecule has 1 amide bonds. The normalized spacial score (nSPS) is 10.7. The maximum absolute atomic E-state index is 12.1. The molecular formula is C14H19N5O3. The number of carboxylic acid groups (broad SMARTS) is 1. The maximum atomic E-state index is 12.1. The summed E-state index contributed by atoms with van der Waals surface area (Å²) in [5.41, 5.74) is 2.15. The topological polar surface area (TPSA) is 93.2 Å². The van der Waals surface area contributed by atoms with Gasteiger partial charge in [0.05, 0.1) is 18.0 Å². The van der Waals surface area contributed by atoms with Crippen LogP contribution in [0.15, 0.2) is 18.6 Å². The second-order valence-corrected chi connectivity index (χ2v) is 5.18. The van der Waals surface area contributed by atoms with Crippen LogP contribution >= 0.6 is 0 Å². The fraction of sp³-hybridized carbons (Fsp3) is 0.429. The van der Waals surface area contributed by atoms with Gasteiger partial charge >= 0.3 is 5.97 Å². The van der Waals surface area contributed by atoms with Crippen molar-refractivity contribution in [3.8, 4) is 0 Å². The van der Waals surface area contributed by atoms with Crippen LogP contribution in [0.4, 0.5) is 0 Å². The molecule has 0 saturated heterocycles. The first kappa shape index (κ1) is 15.7. The molecule has 8 heteroatoms. The Bertz CT molecular complexity index is 688. The van der Waals surface area contributed by atoms with Crippen LogP contribution in [-0.4, -0.2) is 48.5 Å². The molecule has 2 aromatic heterocycles. The summed E-state index contributed by atoms with van der Waals surface area (Å²) >= 11 is 0. The van der Waals surface area contributed by atoms with Gasteiger partial charge in [-0.15, -0.1) is 0 Å². The van der Waals surface area contributed by atoms with Crippen LogP contribution in [-0.2, 0) is 24.9 Å². The number of aryl methyl sites for hydroxylation is 2. The van der Waals surface area contributed by atoms with Crippen molar-refractivity contribution in [1.82, 2.24) is 24.5 Å². The van der Waals surface area contributed by atoms with Gasteiger partial charge in [0.15, 0.2) is 0 Å². The van der Waals surface area contributed by atoms with Crippen LogP contribution in [0.2, 0.25) is 0 Å². The predicted molar refractivity (Wildman–Crippen MR) is 78.2 cm³/mol. The first-order valence-corrected chi connectivity index (χ1v) is 6.85. The van der Waals surface area contributed by atoms with E-state index in [9.17, 15) is 9.59 Å². The first-order chi connectivity index (χ1) is 10.4. The van der Waals surface area contributed by atoms with Gasteiger partial charge in [-0.1, -0.05) is 0 Å². The summed E-state index contributed by atoms with van der Waals surface area (Å²) in [7, 11) is 3.60. The zero-order valence-corrected chi connectivity index (χ0v) is 12.9. The molecule has 0 aromatic carbocycles. The highest BCUT2D eigenvalue weighted by Gasteiger charge is 2.13. The van der Waals surface area contributed by atoms with Crippen molar-refractivity contribution in [2.24, 2.45) is 7.05 Å². The van der Waals surface area contributed by atoms with Crippen LogP contribution in [0, 0.1) is 6.92 Å². The minimum absolute atomic E-state index is 0.0318. The smallest absolute Gasteiger partial charge is 0.338 e. The summed E-state index contributed by atoms with van der Waals surface area (Å²) in [4.78, 5) is 24.5. The Morgan fingerprint density at radius 3 is 2.59 bits per heavy atom. The fourth-order valence-electron chi connectivity index (χ4n) is 2.04. The standard InChI is InChI=1S/C14H19N5O3/c1-10-11(6-15-18(10)3)8-17(2)13(20)4-5-19-9-12(7-16-19)14(21)22/h6-7,9H,4-5,8H2,1-3H3,(H,21,22). The van der Waals surface area contributed by atoms with E-state index in [0.29, 0.717) is 13.1 Å². The Kier molecular flexibility index (Phi) is 4.59. The molecule has 0 unspecified atom stereocenters. The molecule has 2 heterocycles. The third-order valence-electron chi connectivity index (χ3n) is 3.61. The second kappa shape index (κ2) is 6.42. The monoisotopic (exact) mass is 305 g/mol. The zero-order chi connectivity index (χ0) is 16.3. The lowest BCUT2D eigenvalue weighted by Crippen LogP contribution is -2.27. The van der Waals surface area contributed by atoms with Gasteiger partial charge in [0, 0.05) is 51.1 Å². The maximum Gasteiger partial charge on any atom is 0.338 e.